The molecule has 2 rings (SSSR count). The van der Waals surface area contributed by atoms with Crippen molar-refractivity contribution >= 4 is 11.3 Å². The Morgan fingerprint density at radius 1 is 1.40 bits per heavy atom. The molecule has 5 heteroatoms. The topological polar surface area (TPSA) is 46.9 Å². The molecule has 0 aliphatic carbocycles. The van der Waals surface area contributed by atoms with Gasteiger partial charge in [0, 0.05) is 18.7 Å². The quantitative estimate of drug-likeness (QED) is 0.853. The van der Waals surface area contributed by atoms with E-state index in [1.54, 1.807) is 16.0 Å². The van der Waals surface area contributed by atoms with Gasteiger partial charge in [-0.15, -0.1) is 11.3 Å². The van der Waals surface area contributed by atoms with Crippen molar-refractivity contribution in [3.63, 3.8) is 0 Å². The molecule has 0 fully saturated rings. The molecule has 0 aliphatic rings. The lowest BCUT2D eigenvalue weighted by molar-refractivity contribution is 0.537. The van der Waals surface area contributed by atoms with Gasteiger partial charge >= 0.3 is 0 Å². The Balaban J connectivity index is 2.39. The first-order valence-electron chi connectivity index (χ1n) is 7.11. The molecular formula is C15H21N3OS. The van der Waals surface area contributed by atoms with E-state index in [0.717, 1.165) is 35.5 Å². The van der Waals surface area contributed by atoms with Crippen molar-refractivity contribution in [1.29, 1.82) is 0 Å². The summed E-state index contributed by atoms with van der Waals surface area (Å²) < 4.78 is 1.62. The van der Waals surface area contributed by atoms with Crippen LogP contribution in [-0.2, 0) is 13.1 Å². The second kappa shape index (κ2) is 7.36. The Labute approximate surface area is 123 Å². The van der Waals surface area contributed by atoms with E-state index in [0.29, 0.717) is 13.1 Å². The molecule has 0 radical (unpaired) electrons. The zero-order valence-electron chi connectivity index (χ0n) is 12.1. The Morgan fingerprint density at radius 2 is 2.25 bits per heavy atom. The summed E-state index contributed by atoms with van der Waals surface area (Å²) in [5, 5.41) is 9.76. The molecule has 0 unspecified atom stereocenters. The average molecular weight is 291 g/mol. The lowest BCUT2D eigenvalue weighted by Gasteiger charge is -2.10. The van der Waals surface area contributed by atoms with Crippen LogP contribution in [0.1, 0.15) is 32.3 Å². The number of aryl methyl sites for hydroxylation is 1. The fraction of sp³-hybridized carbons (Fsp3) is 0.467. The predicted octanol–water partition coefficient (Wildman–Crippen LogP) is 2.88. The lowest BCUT2D eigenvalue weighted by atomic mass is 10.2. The van der Waals surface area contributed by atoms with Gasteiger partial charge in [0.2, 0.25) is 0 Å². The van der Waals surface area contributed by atoms with Gasteiger partial charge < -0.3 is 5.32 Å². The highest BCUT2D eigenvalue weighted by Crippen LogP contribution is 2.22. The van der Waals surface area contributed by atoms with Gasteiger partial charge in [-0.2, -0.15) is 5.10 Å². The van der Waals surface area contributed by atoms with E-state index >= 15 is 0 Å². The minimum Gasteiger partial charge on any atom is -0.313 e. The van der Waals surface area contributed by atoms with E-state index < -0.39 is 0 Å². The zero-order chi connectivity index (χ0) is 14.4. The molecule has 0 saturated carbocycles. The number of nitrogens with zero attached hydrogens (tertiary/aromatic N) is 2. The first-order chi connectivity index (χ1) is 9.76. The van der Waals surface area contributed by atoms with Crippen LogP contribution in [0.4, 0.5) is 0 Å². The first-order valence-corrected chi connectivity index (χ1v) is 7.99. The van der Waals surface area contributed by atoms with Crippen molar-refractivity contribution in [2.24, 2.45) is 0 Å². The second-order valence-electron chi connectivity index (χ2n) is 4.69. The van der Waals surface area contributed by atoms with Crippen molar-refractivity contribution in [3.8, 4) is 10.6 Å². The van der Waals surface area contributed by atoms with Crippen LogP contribution in [0.5, 0.6) is 0 Å². The molecular weight excluding hydrogens is 270 g/mol. The molecule has 0 atom stereocenters. The average Bonchev–Trinajstić information content (AvgIpc) is 2.99. The molecule has 1 N–H and O–H groups in total. The first kappa shape index (κ1) is 14.9. The Kier molecular flexibility index (Phi) is 5.49. The SMILES string of the molecule is CCCCn1nc(-c2cccs2)cc(CNCC)c1=O. The third kappa shape index (κ3) is 3.55. The van der Waals surface area contributed by atoms with E-state index in [-0.39, 0.29) is 5.56 Å². The summed E-state index contributed by atoms with van der Waals surface area (Å²) in [6.07, 6.45) is 2.03. The molecule has 2 aromatic heterocycles. The molecule has 2 aromatic rings. The number of nitrogens with one attached hydrogen (secondary N) is 1. The minimum absolute atomic E-state index is 0.0275. The van der Waals surface area contributed by atoms with Crippen LogP contribution in [-0.4, -0.2) is 16.3 Å². The highest BCUT2D eigenvalue weighted by Gasteiger charge is 2.10. The van der Waals surface area contributed by atoms with E-state index in [1.165, 1.54) is 0 Å². The molecule has 0 aromatic carbocycles. The van der Waals surface area contributed by atoms with Gasteiger partial charge in [0.05, 0.1) is 4.88 Å². The van der Waals surface area contributed by atoms with Crippen molar-refractivity contribution < 1.29 is 0 Å². The molecule has 108 valence electrons. The molecule has 20 heavy (non-hydrogen) atoms. The predicted molar refractivity (Wildman–Crippen MR) is 84.1 cm³/mol. The second-order valence-corrected chi connectivity index (χ2v) is 5.64. The number of aromatic nitrogens is 2. The third-order valence-electron chi connectivity index (χ3n) is 3.11. The van der Waals surface area contributed by atoms with E-state index in [9.17, 15) is 4.79 Å². The number of rotatable bonds is 7. The van der Waals surface area contributed by atoms with Crippen molar-refractivity contribution in [3.05, 3.63) is 39.5 Å². The van der Waals surface area contributed by atoms with Crippen molar-refractivity contribution in [2.75, 3.05) is 6.54 Å². The summed E-state index contributed by atoms with van der Waals surface area (Å²) in [6.45, 7) is 6.30. The third-order valence-corrected chi connectivity index (χ3v) is 4.00. The maximum Gasteiger partial charge on any atom is 0.271 e. The molecule has 0 amide bonds. The Morgan fingerprint density at radius 3 is 2.90 bits per heavy atom. The minimum atomic E-state index is 0.0275. The van der Waals surface area contributed by atoms with Crippen LogP contribution < -0.4 is 10.9 Å². The number of thiophene rings is 1. The lowest BCUT2D eigenvalue weighted by Crippen LogP contribution is -2.29. The summed E-state index contributed by atoms with van der Waals surface area (Å²) >= 11 is 1.65. The highest BCUT2D eigenvalue weighted by atomic mass is 32.1. The molecule has 0 spiro atoms. The van der Waals surface area contributed by atoms with Gasteiger partial charge in [0.25, 0.3) is 5.56 Å². The van der Waals surface area contributed by atoms with Crippen LogP contribution in [0.3, 0.4) is 0 Å². The zero-order valence-corrected chi connectivity index (χ0v) is 12.9. The van der Waals surface area contributed by atoms with Crippen LogP contribution in [0.25, 0.3) is 10.6 Å². The van der Waals surface area contributed by atoms with Gasteiger partial charge in [-0.05, 0) is 30.5 Å². The Hall–Kier alpha value is -1.46. The van der Waals surface area contributed by atoms with Crippen LogP contribution >= 0.6 is 11.3 Å². The van der Waals surface area contributed by atoms with Gasteiger partial charge in [-0.3, -0.25) is 4.79 Å². The maximum atomic E-state index is 12.4. The van der Waals surface area contributed by atoms with E-state index in [1.807, 2.05) is 30.5 Å². The molecule has 0 bridgehead atoms. The van der Waals surface area contributed by atoms with Crippen molar-refractivity contribution in [1.82, 2.24) is 15.1 Å². The maximum absolute atomic E-state index is 12.4. The number of unbranched alkanes of at least 4 members (excludes halogenated alkanes) is 1. The Bertz CT molecular complexity index is 557. The normalized spacial score (nSPS) is 10.9. The smallest absolute Gasteiger partial charge is 0.271 e. The van der Waals surface area contributed by atoms with E-state index in [2.05, 4.69) is 17.3 Å². The number of hydrogen-bond acceptors (Lipinski definition) is 4. The highest BCUT2D eigenvalue weighted by molar-refractivity contribution is 7.13. The summed E-state index contributed by atoms with van der Waals surface area (Å²) in [7, 11) is 0. The standard InChI is InChI=1S/C15H21N3OS/c1-3-5-8-18-15(19)12(11-16-4-2)10-13(17-18)14-7-6-9-20-14/h6-7,9-10,16H,3-5,8,11H2,1-2H3. The summed E-state index contributed by atoms with van der Waals surface area (Å²) in [5.41, 5.74) is 1.71. The molecule has 4 nitrogen and oxygen atoms in total. The molecule has 2 heterocycles. The van der Waals surface area contributed by atoms with Crippen LogP contribution in [0.2, 0.25) is 0 Å². The fourth-order valence-electron chi connectivity index (χ4n) is 1.99. The van der Waals surface area contributed by atoms with Gasteiger partial charge in [-0.25, -0.2) is 4.68 Å². The number of hydrogen-bond donors (Lipinski definition) is 1. The summed E-state index contributed by atoms with van der Waals surface area (Å²) in [5.74, 6) is 0. The van der Waals surface area contributed by atoms with Crippen LogP contribution in [0.15, 0.2) is 28.4 Å². The molecule has 0 aliphatic heterocycles. The van der Waals surface area contributed by atoms with Gasteiger partial charge in [0.15, 0.2) is 0 Å². The summed E-state index contributed by atoms with van der Waals surface area (Å²) in [6, 6.07) is 5.96. The largest absolute Gasteiger partial charge is 0.313 e. The monoisotopic (exact) mass is 291 g/mol. The molecule has 0 saturated heterocycles. The summed E-state index contributed by atoms with van der Waals surface area (Å²) in [4.78, 5) is 13.5. The van der Waals surface area contributed by atoms with E-state index in [4.69, 9.17) is 0 Å². The van der Waals surface area contributed by atoms with Gasteiger partial charge in [0.1, 0.15) is 5.69 Å². The van der Waals surface area contributed by atoms with Gasteiger partial charge in [-0.1, -0.05) is 26.3 Å². The van der Waals surface area contributed by atoms with Crippen molar-refractivity contribution in [2.45, 2.75) is 39.8 Å². The fourth-order valence-corrected chi connectivity index (χ4v) is 2.67. The van der Waals surface area contributed by atoms with Crippen LogP contribution in [0, 0.1) is 0 Å².